The van der Waals surface area contributed by atoms with Crippen LogP contribution in [0.5, 0.6) is 0 Å². The fourth-order valence-electron chi connectivity index (χ4n) is 3.08. The molecular formula is C19H24N2. The summed E-state index contributed by atoms with van der Waals surface area (Å²) in [4.78, 5) is 2.48. The number of aryl methyl sites for hydroxylation is 2. The van der Waals surface area contributed by atoms with Crippen molar-refractivity contribution in [3.63, 3.8) is 0 Å². The second-order valence-electron chi connectivity index (χ2n) is 6.02. The van der Waals surface area contributed by atoms with Gasteiger partial charge in [0.15, 0.2) is 0 Å². The van der Waals surface area contributed by atoms with Crippen molar-refractivity contribution in [3.05, 3.63) is 59.7 Å². The molecule has 3 rings (SSSR count). The number of rotatable bonds is 4. The number of nitrogens with one attached hydrogen (secondary N) is 1. The van der Waals surface area contributed by atoms with Crippen LogP contribution in [0, 0.1) is 0 Å². The molecule has 2 heteroatoms. The third kappa shape index (κ3) is 3.11. The lowest BCUT2D eigenvalue weighted by Crippen LogP contribution is -2.33. The molecule has 1 aliphatic rings. The highest BCUT2D eigenvalue weighted by molar-refractivity contribution is 5.71. The van der Waals surface area contributed by atoms with Gasteiger partial charge in [-0.15, -0.1) is 0 Å². The summed E-state index contributed by atoms with van der Waals surface area (Å²) in [6, 6.07) is 18.2. The molecule has 0 amide bonds. The van der Waals surface area contributed by atoms with Crippen LogP contribution in [0.1, 0.15) is 25.0 Å². The van der Waals surface area contributed by atoms with Crippen LogP contribution < -0.4 is 10.2 Å². The van der Waals surface area contributed by atoms with E-state index in [0.717, 1.165) is 25.9 Å². The molecule has 1 N–H and O–H groups in total. The van der Waals surface area contributed by atoms with Gasteiger partial charge in [-0.25, -0.2) is 0 Å². The number of hydrogen-bond donors (Lipinski definition) is 1. The minimum Gasteiger partial charge on any atom is -0.340 e. The van der Waals surface area contributed by atoms with E-state index in [2.05, 4.69) is 72.6 Å². The first kappa shape index (κ1) is 14.2. The average Bonchev–Trinajstić information content (AvgIpc) is 2.65. The molecule has 1 heterocycles. The predicted molar refractivity (Wildman–Crippen MR) is 90.4 cm³/mol. The molecule has 2 nitrogen and oxygen atoms in total. The van der Waals surface area contributed by atoms with E-state index in [1.165, 1.54) is 22.5 Å². The zero-order valence-corrected chi connectivity index (χ0v) is 13.0. The fourth-order valence-corrected chi connectivity index (χ4v) is 3.08. The molecule has 0 aromatic heterocycles. The molecule has 110 valence electrons. The summed E-state index contributed by atoms with van der Waals surface area (Å²) in [6.45, 7) is 6.40. The van der Waals surface area contributed by atoms with Gasteiger partial charge in [-0.2, -0.15) is 0 Å². The molecule has 0 atom stereocenters. The first-order chi connectivity index (χ1) is 10.3. The van der Waals surface area contributed by atoms with Crippen LogP contribution in [-0.2, 0) is 12.8 Å². The molecule has 0 saturated heterocycles. The van der Waals surface area contributed by atoms with Crippen molar-refractivity contribution in [1.82, 2.24) is 5.32 Å². The summed E-state index contributed by atoms with van der Waals surface area (Å²) in [5.74, 6) is 0. The Balaban J connectivity index is 1.95. The Hall–Kier alpha value is -1.80. The van der Waals surface area contributed by atoms with Gasteiger partial charge in [0.2, 0.25) is 0 Å². The molecule has 0 spiro atoms. The number of benzene rings is 2. The summed E-state index contributed by atoms with van der Waals surface area (Å²) in [7, 11) is 0. The number of fused-ring (bicyclic) bond motifs is 2. The van der Waals surface area contributed by atoms with Gasteiger partial charge in [0, 0.05) is 30.5 Å². The molecule has 2 aromatic carbocycles. The highest BCUT2D eigenvalue weighted by Crippen LogP contribution is 2.35. The first-order valence-corrected chi connectivity index (χ1v) is 7.92. The van der Waals surface area contributed by atoms with Gasteiger partial charge in [-0.05, 0) is 36.1 Å². The number of nitrogens with zero attached hydrogens (tertiary/aromatic N) is 1. The average molecular weight is 280 g/mol. The standard InChI is InChI=1S/C19H24N2/c1-15(2)20-13-14-21-18-9-5-3-7-16(18)11-12-17-8-4-6-10-19(17)21/h3-10,15,20H,11-14H2,1-2H3. The van der Waals surface area contributed by atoms with Crippen LogP contribution in [0.3, 0.4) is 0 Å². The van der Waals surface area contributed by atoms with Crippen LogP contribution in [0.15, 0.2) is 48.5 Å². The zero-order valence-electron chi connectivity index (χ0n) is 13.0. The largest absolute Gasteiger partial charge is 0.340 e. The highest BCUT2D eigenvalue weighted by Gasteiger charge is 2.19. The van der Waals surface area contributed by atoms with Crippen molar-refractivity contribution in [1.29, 1.82) is 0 Å². The Kier molecular flexibility index (Phi) is 4.26. The summed E-state index contributed by atoms with van der Waals surface area (Å²) >= 11 is 0. The minimum atomic E-state index is 0.530. The normalized spacial score (nSPS) is 13.8. The van der Waals surface area contributed by atoms with E-state index in [9.17, 15) is 0 Å². The molecular weight excluding hydrogens is 256 g/mol. The SMILES string of the molecule is CC(C)NCCN1c2ccccc2CCc2ccccc21. The molecule has 0 aliphatic carbocycles. The Morgan fingerprint density at radius 2 is 1.43 bits per heavy atom. The molecule has 0 fully saturated rings. The molecule has 0 unspecified atom stereocenters. The maximum absolute atomic E-state index is 3.53. The topological polar surface area (TPSA) is 15.3 Å². The second-order valence-corrected chi connectivity index (χ2v) is 6.02. The van der Waals surface area contributed by atoms with Crippen molar-refractivity contribution in [2.24, 2.45) is 0 Å². The maximum Gasteiger partial charge on any atom is 0.0443 e. The molecule has 0 radical (unpaired) electrons. The third-order valence-electron chi connectivity index (χ3n) is 4.12. The number of anilines is 2. The van der Waals surface area contributed by atoms with E-state index in [1.54, 1.807) is 0 Å². The van der Waals surface area contributed by atoms with Crippen LogP contribution in [0.2, 0.25) is 0 Å². The van der Waals surface area contributed by atoms with Gasteiger partial charge in [0.05, 0.1) is 0 Å². The lowest BCUT2D eigenvalue weighted by molar-refractivity contribution is 0.593. The lowest BCUT2D eigenvalue weighted by Gasteiger charge is -2.27. The van der Waals surface area contributed by atoms with E-state index >= 15 is 0 Å². The first-order valence-electron chi connectivity index (χ1n) is 7.92. The highest BCUT2D eigenvalue weighted by atomic mass is 15.2. The van der Waals surface area contributed by atoms with Gasteiger partial charge in [0.25, 0.3) is 0 Å². The maximum atomic E-state index is 3.53. The summed E-state index contributed by atoms with van der Waals surface area (Å²) in [5, 5.41) is 3.53. The summed E-state index contributed by atoms with van der Waals surface area (Å²) in [5.41, 5.74) is 5.65. The Bertz CT molecular complexity index is 557. The molecule has 2 aromatic rings. The van der Waals surface area contributed by atoms with Crippen molar-refractivity contribution < 1.29 is 0 Å². The summed E-state index contributed by atoms with van der Waals surface area (Å²) < 4.78 is 0. The van der Waals surface area contributed by atoms with E-state index in [4.69, 9.17) is 0 Å². The number of para-hydroxylation sites is 2. The lowest BCUT2D eigenvalue weighted by atomic mass is 10.0. The van der Waals surface area contributed by atoms with E-state index in [1.807, 2.05) is 0 Å². The second kappa shape index (κ2) is 6.31. The van der Waals surface area contributed by atoms with Crippen molar-refractivity contribution in [2.75, 3.05) is 18.0 Å². The fraction of sp³-hybridized carbons (Fsp3) is 0.368. The molecule has 0 bridgehead atoms. The Morgan fingerprint density at radius 1 is 0.905 bits per heavy atom. The minimum absolute atomic E-state index is 0.530. The van der Waals surface area contributed by atoms with E-state index in [-0.39, 0.29) is 0 Å². The van der Waals surface area contributed by atoms with Gasteiger partial charge in [-0.3, -0.25) is 0 Å². The van der Waals surface area contributed by atoms with Gasteiger partial charge in [-0.1, -0.05) is 50.2 Å². The van der Waals surface area contributed by atoms with Crippen molar-refractivity contribution in [2.45, 2.75) is 32.7 Å². The van der Waals surface area contributed by atoms with Crippen LogP contribution >= 0.6 is 0 Å². The van der Waals surface area contributed by atoms with Crippen LogP contribution in [-0.4, -0.2) is 19.1 Å². The zero-order chi connectivity index (χ0) is 14.7. The molecule has 21 heavy (non-hydrogen) atoms. The Labute approximate surface area is 127 Å². The van der Waals surface area contributed by atoms with Gasteiger partial charge in [0.1, 0.15) is 0 Å². The Morgan fingerprint density at radius 3 is 1.95 bits per heavy atom. The monoisotopic (exact) mass is 280 g/mol. The summed E-state index contributed by atoms with van der Waals surface area (Å²) in [6.07, 6.45) is 2.25. The van der Waals surface area contributed by atoms with Gasteiger partial charge < -0.3 is 10.2 Å². The van der Waals surface area contributed by atoms with Crippen LogP contribution in [0.25, 0.3) is 0 Å². The molecule has 0 saturated carbocycles. The third-order valence-corrected chi connectivity index (χ3v) is 4.12. The van der Waals surface area contributed by atoms with E-state index < -0.39 is 0 Å². The van der Waals surface area contributed by atoms with Crippen molar-refractivity contribution in [3.8, 4) is 0 Å². The smallest absolute Gasteiger partial charge is 0.0443 e. The van der Waals surface area contributed by atoms with E-state index in [0.29, 0.717) is 6.04 Å². The number of hydrogen-bond acceptors (Lipinski definition) is 2. The van der Waals surface area contributed by atoms with Crippen LogP contribution in [0.4, 0.5) is 11.4 Å². The predicted octanol–water partition coefficient (Wildman–Crippen LogP) is 3.92. The van der Waals surface area contributed by atoms with Crippen molar-refractivity contribution >= 4 is 11.4 Å². The quantitative estimate of drug-likeness (QED) is 0.913. The molecule has 1 aliphatic heterocycles. The van der Waals surface area contributed by atoms with Gasteiger partial charge >= 0.3 is 0 Å².